The minimum Gasteiger partial charge on any atom is -0.337 e. The molecule has 0 aliphatic heterocycles. The van der Waals surface area contributed by atoms with E-state index < -0.39 is 0 Å². The van der Waals surface area contributed by atoms with E-state index in [1.165, 1.54) is 0 Å². The number of nitrogens with one attached hydrogen (secondary N) is 2. The van der Waals surface area contributed by atoms with Crippen LogP contribution in [0.15, 0.2) is 59.3 Å². The molecule has 2 aromatic carbocycles. The highest BCUT2D eigenvalue weighted by Crippen LogP contribution is 2.19. The van der Waals surface area contributed by atoms with Crippen molar-refractivity contribution in [1.82, 2.24) is 25.2 Å². The summed E-state index contributed by atoms with van der Waals surface area (Å²) in [4.78, 5) is 16.0. The number of aromatic nitrogens is 4. The van der Waals surface area contributed by atoms with Gasteiger partial charge in [0.15, 0.2) is 5.82 Å². The Labute approximate surface area is 148 Å². The number of benzene rings is 2. The molecular formula is C18H16N6O2. The van der Waals surface area contributed by atoms with E-state index in [1.807, 2.05) is 59.4 Å². The van der Waals surface area contributed by atoms with Crippen molar-refractivity contribution in [1.29, 1.82) is 0 Å². The maximum Gasteiger partial charge on any atom is 0.319 e. The summed E-state index contributed by atoms with van der Waals surface area (Å²) in [6.45, 7) is 1.89. The third-order valence-electron chi connectivity index (χ3n) is 3.82. The zero-order valence-electron chi connectivity index (χ0n) is 14.0. The molecule has 0 atom stereocenters. The van der Waals surface area contributed by atoms with Crippen LogP contribution in [0.25, 0.3) is 16.6 Å². The first kappa shape index (κ1) is 15.8. The molecule has 0 unspecified atom stereocenters. The van der Waals surface area contributed by atoms with Crippen LogP contribution < -0.4 is 10.6 Å². The molecule has 0 radical (unpaired) electrons. The zero-order valence-corrected chi connectivity index (χ0v) is 14.0. The Hall–Kier alpha value is -3.68. The van der Waals surface area contributed by atoms with Gasteiger partial charge >= 0.3 is 6.03 Å². The molecule has 2 N–H and O–H groups in total. The molecular weight excluding hydrogens is 332 g/mol. The van der Waals surface area contributed by atoms with Crippen molar-refractivity contribution in [2.24, 2.45) is 0 Å². The van der Waals surface area contributed by atoms with Crippen LogP contribution in [-0.2, 0) is 6.54 Å². The summed E-state index contributed by atoms with van der Waals surface area (Å²) in [7, 11) is 0. The molecule has 8 nitrogen and oxygen atoms in total. The predicted octanol–water partition coefficient (Wildman–Crippen LogP) is 3.04. The molecule has 4 rings (SSSR count). The van der Waals surface area contributed by atoms with Gasteiger partial charge in [-0.05, 0) is 37.3 Å². The SMILES string of the molecule is Cc1noc(CNC(=O)Nc2ccc(-n3ncc4ccccc43)cc2)n1. The van der Waals surface area contributed by atoms with E-state index >= 15 is 0 Å². The molecule has 0 fully saturated rings. The summed E-state index contributed by atoms with van der Waals surface area (Å²) in [6.07, 6.45) is 1.83. The molecule has 0 spiro atoms. The molecule has 0 aliphatic rings. The van der Waals surface area contributed by atoms with Gasteiger partial charge in [0.1, 0.15) is 0 Å². The van der Waals surface area contributed by atoms with E-state index in [1.54, 1.807) is 6.92 Å². The number of urea groups is 1. The van der Waals surface area contributed by atoms with Crippen LogP contribution in [0, 0.1) is 6.92 Å². The van der Waals surface area contributed by atoms with Gasteiger partial charge in [-0.25, -0.2) is 9.48 Å². The average molecular weight is 348 g/mol. The Balaban J connectivity index is 1.42. The third-order valence-corrected chi connectivity index (χ3v) is 3.82. The lowest BCUT2D eigenvalue weighted by molar-refractivity contribution is 0.249. The highest BCUT2D eigenvalue weighted by molar-refractivity contribution is 5.89. The summed E-state index contributed by atoms with van der Waals surface area (Å²) in [5, 5.41) is 14.6. The van der Waals surface area contributed by atoms with Crippen molar-refractivity contribution in [3.05, 3.63) is 66.4 Å². The van der Waals surface area contributed by atoms with Gasteiger partial charge in [0.2, 0.25) is 5.89 Å². The van der Waals surface area contributed by atoms with E-state index in [4.69, 9.17) is 4.52 Å². The Bertz CT molecular complexity index is 1050. The van der Waals surface area contributed by atoms with E-state index in [0.717, 1.165) is 16.6 Å². The second kappa shape index (κ2) is 6.67. The monoisotopic (exact) mass is 348 g/mol. The van der Waals surface area contributed by atoms with Gasteiger partial charge in [-0.2, -0.15) is 10.1 Å². The fraction of sp³-hybridized carbons (Fsp3) is 0.111. The fourth-order valence-corrected chi connectivity index (χ4v) is 2.61. The summed E-state index contributed by atoms with van der Waals surface area (Å²) in [6, 6.07) is 15.1. The Kier molecular flexibility index (Phi) is 4.06. The molecule has 0 bridgehead atoms. The molecule has 0 aliphatic carbocycles. The summed E-state index contributed by atoms with van der Waals surface area (Å²) >= 11 is 0. The van der Waals surface area contributed by atoms with Gasteiger partial charge < -0.3 is 15.2 Å². The smallest absolute Gasteiger partial charge is 0.319 e. The fourth-order valence-electron chi connectivity index (χ4n) is 2.61. The number of anilines is 1. The van der Waals surface area contributed by atoms with Crippen LogP contribution in [0.3, 0.4) is 0 Å². The van der Waals surface area contributed by atoms with Crippen molar-refractivity contribution < 1.29 is 9.32 Å². The number of amides is 2. The van der Waals surface area contributed by atoms with Crippen molar-refractivity contribution in [3.8, 4) is 5.69 Å². The van der Waals surface area contributed by atoms with Crippen LogP contribution in [0.2, 0.25) is 0 Å². The van der Waals surface area contributed by atoms with Crippen molar-refractivity contribution >= 4 is 22.6 Å². The Morgan fingerprint density at radius 3 is 2.73 bits per heavy atom. The quantitative estimate of drug-likeness (QED) is 0.591. The maximum atomic E-state index is 12.0. The number of fused-ring (bicyclic) bond motifs is 1. The van der Waals surface area contributed by atoms with Crippen molar-refractivity contribution in [2.45, 2.75) is 13.5 Å². The lowest BCUT2D eigenvalue weighted by atomic mass is 10.2. The van der Waals surface area contributed by atoms with E-state index in [2.05, 4.69) is 25.9 Å². The van der Waals surface area contributed by atoms with Crippen molar-refractivity contribution in [3.63, 3.8) is 0 Å². The van der Waals surface area contributed by atoms with Gasteiger partial charge in [-0.1, -0.05) is 23.4 Å². The number of hydrogen-bond donors (Lipinski definition) is 2. The molecule has 2 aromatic heterocycles. The lowest BCUT2D eigenvalue weighted by Crippen LogP contribution is -2.28. The van der Waals surface area contributed by atoms with Gasteiger partial charge in [0, 0.05) is 11.1 Å². The molecule has 4 aromatic rings. The number of carbonyl (C=O) groups is 1. The first-order valence-corrected chi connectivity index (χ1v) is 8.06. The minimum atomic E-state index is -0.349. The first-order chi connectivity index (χ1) is 12.7. The maximum absolute atomic E-state index is 12.0. The molecule has 26 heavy (non-hydrogen) atoms. The van der Waals surface area contributed by atoms with Crippen molar-refractivity contribution in [2.75, 3.05) is 5.32 Å². The first-order valence-electron chi connectivity index (χ1n) is 8.06. The molecule has 0 saturated heterocycles. The molecule has 130 valence electrons. The van der Waals surface area contributed by atoms with E-state index in [0.29, 0.717) is 17.4 Å². The summed E-state index contributed by atoms with van der Waals surface area (Å²) in [5.74, 6) is 0.891. The van der Waals surface area contributed by atoms with Crippen LogP contribution >= 0.6 is 0 Å². The number of hydrogen-bond acceptors (Lipinski definition) is 5. The molecule has 0 saturated carbocycles. The highest BCUT2D eigenvalue weighted by atomic mass is 16.5. The van der Waals surface area contributed by atoms with Crippen LogP contribution in [-0.4, -0.2) is 26.0 Å². The number of aryl methyl sites for hydroxylation is 1. The number of para-hydroxylation sites is 1. The topological polar surface area (TPSA) is 97.9 Å². The minimum absolute atomic E-state index is 0.171. The molecule has 2 heterocycles. The second-order valence-electron chi connectivity index (χ2n) is 5.71. The third kappa shape index (κ3) is 3.25. The Morgan fingerprint density at radius 1 is 1.15 bits per heavy atom. The summed E-state index contributed by atoms with van der Waals surface area (Å²) < 4.78 is 6.80. The number of carbonyl (C=O) groups excluding carboxylic acids is 1. The standard InChI is InChI=1S/C18H16N6O2/c1-12-21-17(26-23-12)11-19-18(25)22-14-6-8-15(9-7-14)24-16-5-3-2-4-13(16)10-20-24/h2-10H,11H2,1H3,(H2,19,22,25). The molecule has 8 heteroatoms. The van der Waals surface area contributed by atoms with E-state index in [-0.39, 0.29) is 12.6 Å². The second-order valence-corrected chi connectivity index (χ2v) is 5.71. The van der Waals surface area contributed by atoms with Crippen LogP contribution in [0.1, 0.15) is 11.7 Å². The van der Waals surface area contributed by atoms with E-state index in [9.17, 15) is 4.79 Å². The lowest BCUT2D eigenvalue weighted by Gasteiger charge is -2.08. The predicted molar refractivity (Wildman–Crippen MR) is 96.0 cm³/mol. The Morgan fingerprint density at radius 2 is 1.96 bits per heavy atom. The summed E-state index contributed by atoms with van der Waals surface area (Å²) in [5.41, 5.74) is 2.61. The molecule has 2 amide bonds. The van der Waals surface area contributed by atoms with Crippen LogP contribution in [0.4, 0.5) is 10.5 Å². The van der Waals surface area contributed by atoms with Gasteiger partial charge in [-0.3, -0.25) is 0 Å². The normalized spacial score (nSPS) is 10.8. The number of nitrogens with zero attached hydrogens (tertiary/aromatic N) is 4. The van der Waals surface area contributed by atoms with Gasteiger partial charge in [0.25, 0.3) is 0 Å². The van der Waals surface area contributed by atoms with Crippen LogP contribution in [0.5, 0.6) is 0 Å². The number of rotatable bonds is 4. The largest absolute Gasteiger partial charge is 0.337 e. The van der Waals surface area contributed by atoms with Gasteiger partial charge in [-0.15, -0.1) is 0 Å². The zero-order chi connectivity index (χ0) is 17.9. The highest BCUT2D eigenvalue weighted by Gasteiger charge is 2.07. The average Bonchev–Trinajstić information content (AvgIpc) is 3.27. The van der Waals surface area contributed by atoms with Gasteiger partial charge in [0.05, 0.1) is 23.9 Å².